The number of rotatable bonds is 15. The monoisotopic (exact) mass is 691 g/mol. The van der Waals surface area contributed by atoms with E-state index >= 15 is 0 Å². The van der Waals surface area contributed by atoms with Crippen molar-refractivity contribution < 1.29 is 0 Å². The van der Waals surface area contributed by atoms with Crippen LogP contribution in [0.15, 0.2) is 0 Å². The van der Waals surface area contributed by atoms with E-state index < -0.39 is 0 Å². The van der Waals surface area contributed by atoms with Crippen LogP contribution in [-0.4, -0.2) is 0 Å². The van der Waals surface area contributed by atoms with Crippen molar-refractivity contribution in [3.8, 4) is 0 Å². The summed E-state index contributed by atoms with van der Waals surface area (Å²) in [6.07, 6.45) is 46.3. The summed E-state index contributed by atoms with van der Waals surface area (Å²) in [6, 6.07) is 0. The fourth-order valence-electron chi connectivity index (χ4n) is 15.6. The fourth-order valence-corrected chi connectivity index (χ4v) is 15.6. The molecule has 15 unspecified atom stereocenters. The summed E-state index contributed by atoms with van der Waals surface area (Å²) in [5, 5.41) is 0. The predicted molar refractivity (Wildman–Crippen MR) is 219 cm³/mol. The molecule has 0 aromatic rings. The zero-order valence-electron chi connectivity index (χ0n) is 34.9. The maximum atomic E-state index is 2.79. The highest BCUT2D eigenvalue weighted by Crippen LogP contribution is 2.64. The molecule has 6 saturated carbocycles. The average molecular weight is 691 g/mol. The molecule has 15 atom stereocenters. The Morgan fingerprint density at radius 3 is 1.84 bits per heavy atom. The van der Waals surface area contributed by atoms with Crippen molar-refractivity contribution in [2.45, 2.75) is 227 Å². The third-order valence-electron chi connectivity index (χ3n) is 18.2. The van der Waals surface area contributed by atoms with Crippen LogP contribution in [0, 0.1) is 88.8 Å². The molecule has 0 aromatic heterocycles. The van der Waals surface area contributed by atoms with Crippen LogP contribution in [0.4, 0.5) is 0 Å². The number of unbranched alkanes of at least 4 members (excludes halogenated alkanes) is 4. The molecule has 0 aliphatic heterocycles. The third kappa shape index (κ3) is 9.62. The summed E-state index contributed by atoms with van der Waals surface area (Å²) < 4.78 is 0. The second kappa shape index (κ2) is 20.1. The predicted octanol–water partition coefficient (Wildman–Crippen LogP) is 16.1. The molecule has 0 amide bonds. The normalized spacial score (nSPS) is 42.3. The molecule has 0 radical (unpaired) electrons. The topological polar surface area (TPSA) is 0 Å². The summed E-state index contributed by atoms with van der Waals surface area (Å²) in [5.74, 6) is 15.8. The quantitative estimate of drug-likeness (QED) is 0.150. The first-order valence-corrected chi connectivity index (χ1v) is 24.5. The van der Waals surface area contributed by atoms with Gasteiger partial charge in [0.15, 0.2) is 0 Å². The van der Waals surface area contributed by atoms with Crippen molar-refractivity contribution >= 4 is 0 Å². The van der Waals surface area contributed by atoms with Gasteiger partial charge in [-0.25, -0.2) is 0 Å². The Labute approximate surface area is 315 Å². The van der Waals surface area contributed by atoms with Crippen molar-refractivity contribution in [1.82, 2.24) is 0 Å². The summed E-state index contributed by atoms with van der Waals surface area (Å²) in [5.41, 5.74) is 0. The van der Waals surface area contributed by atoms with E-state index in [-0.39, 0.29) is 0 Å². The minimum Gasteiger partial charge on any atom is -0.0654 e. The lowest BCUT2D eigenvalue weighted by Gasteiger charge is -2.62. The lowest BCUT2D eigenvalue weighted by Crippen LogP contribution is -2.56. The first-order chi connectivity index (χ1) is 24.5. The Kier molecular flexibility index (Phi) is 15.9. The van der Waals surface area contributed by atoms with E-state index in [4.69, 9.17) is 0 Å². The lowest BCUT2D eigenvalue weighted by molar-refractivity contribution is -0.138. The van der Waals surface area contributed by atoms with E-state index in [0.717, 1.165) is 88.8 Å². The van der Waals surface area contributed by atoms with Crippen LogP contribution in [-0.2, 0) is 0 Å². The van der Waals surface area contributed by atoms with Gasteiger partial charge in [0.05, 0.1) is 0 Å². The van der Waals surface area contributed by atoms with Gasteiger partial charge in [0, 0.05) is 0 Å². The highest BCUT2D eigenvalue weighted by atomic mass is 14.6. The van der Waals surface area contributed by atoms with E-state index in [1.807, 2.05) is 0 Å². The Morgan fingerprint density at radius 1 is 0.480 bits per heavy atom. The molecule has 0 heteroatoms. The Morgan fingerprint density at radius 2 is 1.10 bits per heavy atom. The molecular formula is C50H90. The molecule has 6 fully saturated rings. The molecule has 0 saturated heterocycles. The van der Waals surface area contributed by atoms with Crippen molar-refractivity contribution in [2.24, 2.45) is 88.8 Å². The Hall–Kier alpha value is 0. The van der Waals surface area contributed by atoms with Crippen LogP contribution in [0.3, 0.4) is 0 Å². The van der Waals surface area contributed by atoms with E-state index in [9.17, 15) is 0 Å². The molecule has 0 N–H and O–H groups in total. The van der Waals surface area contributed by atoms with Crippen molar-refractivity contribution in [1.29, 1.82) is 0 Å². The summed E-state index contributed by atoms with van der Waals surface area (Å²) in [6.45, 7) is 12.9. The summed E-state index contributed by atoms with van der Waals surface area (Å²) in [7, 11) is 0. The molecule has 6 aliphatic rings. The second-order valence-electron chi connectivity index (χ2n) is 20.8. The second-order valence-corrected chi connectivity index (χ2v) is 20.8. The molecule has 6 aliphatic carbocycles. The molecule has 0 spiro atoms. The third-order valence-corrected chi connectivity index (χ3v) is 18.2. The van der Waals surface area contributed by atoms with Gasteiger partial charge in [-0.1, -0.05) is 182 Å². The molecule has 0 nitrogen and oxygen atoms in total. The van der Waals surface area contributed by atoms with Crippen LogP contribution >= 0.6 is 0 Å². The molecule has 0 bridgehead atoms. The maximum absolute atomic E-state index is 2.79. The van der Waals surface area contributed by atoms with Gasteiger partial charge in [-0.3, -0.25) is 0 Å². The van der Waals surface area contributed by atoms with Crippen LogP contribution < -0.4 is 0 Å². The number of fused-ring (bicyclic) bond motifs is 3. The van der Waals surface area contributed by atoms with Gasteiger partial charge in [0.1, 0.15) is 0 Å². The summed E-state index contributed by atoms with van der Waals surface area (Å²) >= 11 is 0. The van der Waals surface area contributed by atoms with Crippen molar-refractivity contribution in [2.75, 3.05) is 0 Å². The van der Waals surface area contributed by atoms with Crippen molar-refractivity contribution in [3.63, 3.8) is 0 Å². The van der Waals surface area contributed by atoms with Gasteiger partial charge >= 0.3 is 0 Å². The zero-order valence-corrected chi connectivity index (χ0v) is 34.9. The van der Waals surface area contributed by atoms with Crippen LogP contribution in [0.2, 0.25) is 0 Å². The molecule has 290 valence electrons. The summed E-state index contributed by atoms with van der Waals surface area (Å²) in [4.78, 5) is 0. The van der Waals surface area contributed by atoms with Gasteiger partial charge in [-0.2, -0.15) is 0 Å². The van der Waals surface area contributed by atoms with Crippen LogP contribution in [0.1, 0.15) is 227 Å². The maximum Gasteiger partial charge on any atom is -0.0321 e. The van der Waals surface area contributed by atoms with E-state index in [1.165, 1.54) is 64.2 Å². The minimum absolute atomic E-state index is 0.956. The van der Waals surface area contributed by atoms with E-state index in [2.05, 4.69) is 34.6 Å². The minimum atomic E-state index is 0.956. The van der Waals surface area contributed by atoms with Crippen LogP contribution in [0.25, 0.3) is 0 Å². The molecule has 0 aromatic carbocycles. The number of hydrogen-bond donors (Lipinski definition) is 0. The van der Waals surface area contributed by atoms with Crippen molar-refractivity contribution in [3.05, 3.63) is 0 Å². The van der Waals surface area contributed by atoms with E-state index in [1.54, 1.807) is 128 Å². The van der Waals surface area contributed by atoms with Gasteiger partial charge in [0.25, 0.3) is 0 Å². The highest BCUT2D eigenvalue weighted by molar-refractivity contribution is 5.06. The molecule has 0 heterocycles. The SMILES string of the molecule is CCCCCC(CC)CCC(C)C1CCCCC1C1C2CCCCC2C(C2CC3CCCCC3CCCC2C)C2CC(CCCCC)CCC21. The van der Waals surface area contributed by atoms with Gasteiger partial charge in [-0.15, -0.1) is 0 Å². The molecule has 50 heavy (non-hydrogen) atoms. The average Bonchev–Trinajstić information content (AvgIpc) is 3.14. The lowest BCUT2D eigenvalue weighted by atomic mass is 9.43. The molecule has 6 rings (SSSR count). The van der Waals surface area contributed by atoms with Gasteiger partial charge in [0.2, 0.25) is 0 Å². The van der Waals surface area contributed by atoms with Gasteiger partial charge < -0.3 is 0 Å². The zero-order chi connectivity index (χ0) is 34.9. The largest absolute Gasteiger partial charge is 0.0654 e. The Bertz CT molecular complexity index is 934. The highest BCUT2D eigenvalue weighted by Gasteiger charge is 2.57. The van der Waals surface area contributed by atoms with E-state index in [0.29, 0.717) is 0 Å². The number of hydrogen-bond acceptors (Lipinski definition) is 0. The molecular weight excluding hydrogens is 601 g/mol. The fraction of sp³-hybridized carbons (Fsp3) is 1.00. The first-order valence-electron chi connectivity index (χ1n) is 24.5. The smallest absolute Gasteiger partial charge is 0.0321 e. The van der Waals surface area contributed by atoms with Gasteiger partial charge in [-0.05, 0) is 134 Å². The Balaban J connectivity index is 1.27. The first kappa shape index (κ1) is 39.7. The standard InChI is InChI=1S/C50H90/c1-6-9-11-21-38(8-3)31-30-37(5)42-26-15-16-27-43(42)49-44-28-17-18-29-45(44)50(48-34-39(22-12-10-7-2)32-33-46(48)49)47-35-41-24-14-13-23-40(41)25-19-20-36(47)4/h36-50H,6-35H2,1-5H3. The van der Waals surface area contributed by atoms with Crippen LogP contribution in [0.5, 0.6) is 0 Å².